The first kappa shape index (κ1) is 16.1. The van der Waals surface area contributed by atoms with Crippen LogP contribution in [0, 0.1) is 0 Å². The van der Waals surface area contributed by atoms with Crippen LogP contribution in [0.25, 0.3) is 0 Å². The predicted molar refractivity (Wildman–Crippen MR) is 86.0 cm³/mol. The van der Waals surface area contributed by atoms with Gasteiger partial charge in [-0.2, -0.15) is 0 Å². The van der Waals surface area contributed by atoms with Crippen molar-refractivity contribution >= 4 is 22.1 Å². The summed E-state index contributed by atoms with van der Waals surface area (Å²) in [7, 11) is -3.28. The van der Waals surface area contributed by atoms with Gasteiger partial charge in [0.1, 0.15) is 0 Å². The zero-order chi connectivity index (χ0) is 15.1. The molecular formula is C14H25NO2Si2. The van der Waals surface area contributed by atoms with E-state index in [-0.39, 0.29) is 4.79 Å². The largest absolute Gasteiger partial charge is 0.478 e. The molecule has 5 heteroatoms. The van der Waals surface area contributed by atoms with E-state index in [0.29, 0.717) is 5.56 Å². The summed E-state index contributed by atoms with van der Waals surface area (Å²) in [4.78, 5) is 10.7. The summed E-state index contributed by atoms with van der Waals surface area (Å²) in [6, 6.07) is 7.14. The molecule has 1 aromatic carbocycles. The number of hydrogen-bond donors (Lipinski definition) is 2. The molecule has 0 aliphatic heterocycles. The van der Waals surface area contributed by atoms with Gasteiger partial charge in [0.15, 0.2) is 0 Å². The minimum Gasteiger partial charge on any atom is -0.478 e. The van der Waals surface area contributed by atoms with Crippen molar-refractivity contribution in [1.29, 1.82) is 0 Å². The smallest absolute Gasteiger partial charge is 0.335 e. The van der Waals surface area contributed by atoms with E-state index >= 15 is 0 Å². The average Bonchev–Trinajstić information content (AvgIpc) is 2.25. The Labute approximate surface area is 117 Å². The highest BCUT2D eigenvalue weighted by molar-refractivity contribution is 6.98. The fourth-order valence-corrected chi connectivity index (χ4v) is 13.9. The van der Waals surface area contributed by atoms with Crippen LogP contribution in [0.2, 0.25) is 39.3 Å². The fourth-order valence-electron chi connectivity index (χ4n) is 2.87. The lowest BCUT2D eigenvalue weighted by atomic mass is 10.1. The standard InChI is InChI=1S/C14H25NO2Si2/c1-18(2,3)14(15,19(4,5)6)12-9-7-11(8-10-12)13(16)17/h7-10H,15H2,1-6H3,(H,16,17). The first-order valence-electron chi connectivity index (χ1n) is 6.54. The van der Waals surface area contributed by atoms with Gasteiger partial charge in [0.2, 0.25) is 0 Å². The van der Waals surface area contributed by atoms with E-state index in [0.717, 1.165) is 5.56 Å². The van der Waals surface area contributed by atoms with Crippen LogP contribution in [0.4, 0.5) is 0 Å². The van der Waals surface area contributed by atoms with E-state index in [2.05, 4.69) is 39.3 Å². The number of nitrogens with two attached hydrogens (primary N) is 1. The summed E-state index contributed by atoms with van der Waals surface area (Å²) < 4.78 is 0. The quantitative estimate of drug-likeness (QED) is 0.838. The molecule has 106 valence electrons. The van der Waals surface area contributed by atoms with Gasteiger partial charge in [-0.15, -0.1) is 0 Å². The fraction of sp³-hybridized carbons (Fsp3) is 0.500. The molecule has 0 unspecified atom stereocenters. The molecule has 0 bridgehead atoms. The lowest BCUT2D eigenvalue weighted by Gasteiger charge is -2.49. The normalized spacial score (nSPS) is 13.4. The number of carboxylic acids is 1. The number of rotatable bonds is 4. The van der Waals surface area contributed by atoms with Crippen molar-refractivity contribution in [2.75, 3.05) is 0 Å². The van der Waals surface area contributed by atoms with Crippen molar-refractivity contribution in [3.63, 3.8) is 0 Å². The molecule has 0 atom stereocenters. The lowest BCUT2D eigenvalue weighted by molar-refractivity contribution is 0.0697. The highest BCUT2D eigenvalue weighted by Crippen LogP contribution is 2.37. The highest BCUT2D eigenvalue weighted by Gasteiger charge is 2.50. The first-order valence-corrected chi connectivity index (χ1v) is 13.5. The Morgan fingerprint density at radius 1 is 1.00 bits per heavy atom. The van der Waals surface area contributed by atoms with Crippen molar-refractivity contribution in [3.8, 4) is 0 Å². The molecule has 0 amide bonds. The van der Waals surface area contributed by atoms with E-state index in [1.165, 1.54) is 0 Å². The Bertz CT molecular complexity index is 456. The second-order valence-electron chi connectivity index (χ2n) is 7.19. The minimum absolute atomic E-state index is 0.267. The van der Waals surface area contributed by atoms with Crippen LogP contribution in [-0.2, 0) is 4.79 Å². The van der Waals surface area contributed by atoms with Crippen molar-refractivity contribution < 1.29 is 9.90 Å². The molecule has 0 radical (unpaired) electrons. The molecule has 0 fully saturated rings. The second kappa shape index (κ2) is 4.88. The summed E-state index contributed by atoms with van der Waals surface area (Å²) in [6.45, 7) is 13.7. The van der Waals surface area contributed by atoms with Crippen LogP contribution in [0.15, 0.2) is 24.3 Å². The molecule has 0 heterocycles. The van der Waals surface area contributed by atoms with Gasteiger partial charge in [0.05, 0.1) is 21.7 Å². The summed E-state index contributed by atoms with van der Waals surface area (Å²) >= 11 is 0. The van der Waals surface area contributed by atoms with E-state index in [1.54, 1.807) is 12.1 Å². The maximum atomic E-state index is 10.9. The second-order valence-corrected chi connectivity index (χ2v) is 18.3. The number of hydrogen-bond acceptors (Lipinski definition) is 2. The van der Waals surface area contributed by atoms with Gasteiger partial charge in [-0.1, -0.05) is 51.4 Å². The van der Waals surface area contributed by atoms with E-state index in [4.69, 9.17) is 10.8 Å². The molecule has 3 N–H and O–H groups in total. The van der Waals surface area contributed by atoms with Crippen LogP contribution < -0.4 is 5.73 Å². The Kier molecular flexibility index (Phi) is 4.15. The van der Waals surface area contributed by atoms with Gasteiger partial charge in [-0.25, -0.2) is 4.79 Å². The molecule has 0 aliphatic carbocycles. The van der Waals surface area contributed by atoms with Gasteiger partial charge in [0, 0.05) is 4.79 Å². The molecular weight excluding hydrogens is 270 g/mol. The van der Waals surface area contributed by atoms with Crippen LogP contribution in [0.3, 0.4) is 0 Å². The van der Waals surface area contributed by atoms with E-state index < -0.39 is 22.1 Å². The zero-order valence-corrected chi connectivity index (χ0v) is 14.7. The maximum absolute atomic E-state index is 10.9. The zero-order valence-electron chi connectivity index (χ0n) is 12.7. The molecule has 0 aliphatic rings. The first-order chi connectivity index (χ1) is 8.41. The van der Waals surface area contributed by atoms with Crippen molar-refractivity contribution in [2.45, 2.75) is 44.1 Å². The third-order valence-corrected chi connectivity index (χ3v) is 13.8. The van der Waals surface area contributed by atoms with Gasteiger partial charge < -0.3 is 10.8 Å². The highest BCUT2D eigenvalue weighted by atomic mass is 28.4. The third kappa shape index (κ3) is 2.83. The predicted octanol–water partition coefficient (Wildman–Crippen LogP) is 3.29. The Hall–Kier alpha value is -0.916. The third-order valence-electron chi connectivity index (χ3n) is 3.95. The van der Waals surface area contributed by atoms with Gasteiger partial charge in [-0.3, -0.25) is 0 Å². The van der Waals surface area contributed by atoms with Crippen LogP contribution in [-0.4, -0.2) is 27.2 Å². The number of aromatic carboxylic acids is 1. The van der Waals surface area contributed by atoms with Crippen molar-refractivity contribution in [3.05, 3.63) is 35.4 Å². The van der Waals surface area contributed by atoms with Crippen molar-refractivity contribution in [2.24, 2.45) is 5.73 Å². The van der Waals surface area contributed by atoms with Crippen LogP contribution in [0.5, 0.6) is 0 Å². The monoisotopic (exact) mass is 295 g/mol. The molecule has 1 aromatic rings. The summed E-state index contributed by atoms with van der Waals surface area (Å²) in [5.41, 5.74) is 8.29. The number of carbonyl (C=O) groups is 1. The van der Waals surface area contributed by atoms with Crippen LogP contribution in [0.1, 0.15) is 15.9 Å². The average molecular weight is 296 g/mol. The molecule has 0 spiro atoms. The Morgan fingerprint density at radius 3 is 1.63 bits per heavy atom. The maximum Gasteiger partial charge on any atom is 0.335 e. The number of carboxylic acid groups (broad SMARTS) is 1. The summed E-state index contributed by atoms with van der Waals surface area (Å²) in [5, 5.41) is 8.98. The SMILES string of the molecule is C[Si](C)(C)C(N)(c1ccc(C(=O)O)cc1)[Si](C)(C)C. The lowest BCUT2D eigenvalue weighted by Crippen LogP contribution is -2.69. The summed E-state index contributed by atoms with van der Waals surface area (Å²) in [6.07, 6.45) is 0. The van der Waals surface area contributed by atoms with Crippen LogP contribution >= 0.6 is 0 Å². The van der Waals surface area contributed by atoms with Crippen molar-refractivity contribution in [1.82, 2.24) is 0 Å². The Morgan fingerprint density at radius 2 is 1.37 bits per heavy atom. The molecule has 1 rings (SSSR count). The molecule has 0 saturated heterocycles. The van der Waals surface area contributed by atoms with E-state index in [9.17, 15) is 4.79 Å². The van der Waals surface area contributed by atoms with Gasteiger partial charge in [0.25, 0.3) is 0 Å². The minimum atomic E-state index is -1.64. The molecule has 0 aromatic heterocycles. The Balaban J connectivity index is 3.40. The molecule has 3 nitrogen and oxygen atoms in total. The van der Waals surface area contributed by atoms with E-state index in [1.807, 2.05) is 12.1 Å². The summed E-state index contributed by atoms with van der Waals surface area (Å²) in [5.74, 6) is -0.893. The topological polar surface area (TPSA) is 63.3 Å². The number of benzene rings is 1. The molecule has 19 heavy (non-hydrogen) atoms. The molecule has 0 saturated carbocycles. The van der Waals surface area contributed by atoms with Gasteiger partial charge in [-0.05, 0) is 17.7 Å². The van der Waals surface area contributed by atoms with Gasteiger partial charge >= 0.3 is 5.97 Å².